The highest BCUT2D eigenvalue weighted by molar-refractivity contribution is 7.12. The van der Waals surface area contributed by atoms with Gasteiger partial charge in [0.1, 0.15) is 0 Å². The number of hydrogen-bond acceptors (Lipinski definition) is 2. The Labute approximate surface area is 186 Å². The summed E-state index contributed by atoms with van der Waals surface area (Å²) in [6.45, 7) is 2.71. The fraction of sp³-hybridized carbons (Fsp3) is 0.320. The molecule has 0 radical (unpaired) electrons. The number of rotatable bonds is 2. The molecule has 154 valence electrons. The van der Waals surface area contributed by atoms with E-state index in [1.54, 1.807) is 5.56 Å². The predicted molar refractivity (Wildman–Crippen MR) is 125 cm³/mol. The fourth-order valence-electron chi connectivity index (χ4n) is 4.74. The maximum Gasteiger partial charge on any atom is 0.322 e. The summed E-state index contributed by atoms with van der Waals surface area (Å²) in [6.07, 6.45) is 5.86. The molecule has 2 amide bonds. The Morgan fingerprint density at radius 1 is 1.07 bits per heavy atom. The zero-order valence-corrected chi connectivity index (χ0v) is 18.7. The van der Waals surface area contributed by atoms with Gasteiger partial charge in [0.15, 0.2) is 0 Å². The van der Waals surface area contributed by atoms with Crippen LogP contribution in [0.2, 0.25) is 5.02 Å². The fourth-order valence-corrected chi connectivity index (χ4v) is 6.61. The number of amides is 2. The molecule has 0 fully saturated rings. The van der Waals surface area contributed by atoms with Crippen molar-refractivity contribution in [3.05, 3.63) is 85.6 Å². The van der Waals surface area contributed by atoms with Gasteiger partial charge in [-0.1, -0.05) is 48.0 Å². The standard InChI is InChI=1S/C25H25ClN2OS/c1-16-11-12-21(20(26)15-16)27-25(29)28-14-13-19-18-9-5-6-10-22(18)30-24(19)23(28)17-7-3-2-4-8-17/h2-4,7-8,11-12,15,23H,5-6,9-10,13-14H2,1H3,(H,27,29)/t23-/m0/s1. The Morgan fingerprint density at radius 2 is 1.87 bits per heavy atom. The van der Waals surface area contributed by atoms with Gasteiger partial charge in [0.25, 0.3) is 0 Å². The number of hydrogen-bond donors (Lipinski definition) is 1. The van der Waals surface area contributed by atoms with Crippen LogP contribution < -0.4 is 5.32 Å². The van der Waals surface area contributed by atoms with Crippen molar-refractivity contribution in [3.8, 4) is 0 Å². The summed E-state index contributed by atoms with van der Waals surface area (Å²) in [7, 11) is 0. The zero-order valence-electron chi connectivity index (χ0n) is 17.1. The lowest BCUT2D eigenvalue weighted by Crippen LogP contribution is -2.42. The number of fused-ring (bicyclic) bond motifs is 3. The largest absolute Gasteiger partial charge is 0.322 e. The van der Waals surface area contributed by atoms with E-state index in [4.69, 9.17) is 11.6 Å². The maximum absolute atomic E-state index is 13.4. The number of nitrogens with zero attached hydrogens (tertiary/aromatic N) is 1. The van der Waals surface area contributed by atoms with E-state index in [0.717, 1.165) is 12.0 Å². The highest BCUT2D eigenvalue weighted by Crippen LogP contribution is 2.45. The molecule has 1 aliphatic heterocycles. The van der Waals surface area contributed by atoms with E-state index in [9.17, 15) is 4.79 Å². The summed E-state index contributed by atoms with van der Waals surface area (Å²) in [6, 6.07) is 16.0. The molecule has 1 atom stereocenters. The first kappa shape index (κ1) is 19.7. The molecule has 1 aromatic heterocycles. The molecule has 2 aromatic carbocycles. The lowest BCUT2D eigenvalue weighted by atomic mass is 9.88. The van der Waals surface area contributed by atoms with E-state index >= 15 is 0 Å². The van der Waals surface area contributed by atoms with E-state index in [1.165, 1.54) is 46.6 Å². The first-order chi connectivity index (χ1) is 14.6. The molecule has 2 aliphatic rings. The van der Waals surface area contributed by atoms with Crippen molar-refractivity contribution >= 4 is 34.7 Å². The molecule has 0 spiro atoms. The second-order valence-corrected chi connectivity index (χ2v) is 9.77. The molecular weight excluding hydrogens is 412 g/mol. The Balaban J connectivity index is 1.53. The first-order valence-electron chi connectivity index (χ1n) is 10.6. The van der Waals surface area contributed by atoms with Crippen molar-refractivity contribution in [2.75, 3.05) is 11.9 Å². The van der Waals surface area contributed by atoms with Crippen LogP contribution in [0, 0.1) is 6.92 Å². The number of carbonyl (C=O) groups is 1. The van der Waals surface area contributed by atoms with Gasteiger partial charge >= 0.3 is 6.03 Å². The molecule has 0 saturated carbocycles. The lowest BCUT2D eigenvalue weighted by molar-refractivity contribution is 0.195. The molecule has 0 saturated heterocycles. The molecule has 5 rings (SSSR count). The Kier molecular flexibility index (Phi) is 5.30. The van der Waals surface area contributed by atoms with E-state index in [1.807, 2.05) is 47.4 Å². The van der Waals surface area contributed by atoms with Crippen LogP contribution in [-0.2, 0) is 19.3 Å². The molecule has 1 aliphatic carbocycles. The summed E-state index contributed by atoms with van der Waals surface area (Å²) >= 11 is 8.31. The van der Waals surface area contributed by atoms with Gasteiger partial charge in [0.2, 0.25) is 0 Å². The lowest BCUT2D eigenvalue weighted by Gasteiger charge is -2.36. The van der Waals surface area contributed by atoms with Crippen molar-refractivity contribution in [1.29, 1.82) is 0 Å². The highest BCUT2D eigenvalue weighted by atomic mass is 35.5. The minimum Gasteiger partial charge on any atom is -0.312 e. The first-order valence-corrected chi connectivity index (χ1v) is 11.8. The van der Waals surface area contributed by atoms with Crippen molar-refractivity contribution in [2.24, 2.45) is 0 Å². The zero-order chi connectivity index (χ0) is 20.7. The minimum absolute atomic E-state index is 0.0465. The number of carbonyl (C=O) groups excluding carboxylic acids is 1. The number of nitrogens with one attached hydrogen (secondary N) is 1. The Hall–Kier alpha value is -2.30. The minimum atomic E-state index is -0.0911. The predicted octanol–water partition coefficient (Wildman–Crippen LogP) is 6.77. The summed E-state index contributed by atoms with van der Waals surface area (Å²) < 4.78 is 0. The SMILES string of the molecule is Cc1ccc(NC(=O)N2CCc3c(sc4c3CCCC4)[C@@H]2c2ccccc2)c(Cl)c1. The van der Waals surface area contributed by atoms with Crippen LogP contribution in [0.3, 0.4) is 0 Å². The topological polar surface area (TPSA) is 32.3 Å². The smallest absolute Gasteiger partial charge is 0.312 e. The Morgan fingerprint density at radius 3 is 2.67 bits per heavy atom. The van der Waals surface area contributed by atoms with Crippen LogP contribution in [0.5, 0.6) is 0 Å². The van der Waals surface area contributed by atoms with Gasteiger partial charge in [-0.25, -0.2) is 4.79 Å². The average molecular weight is 437 g/mol. The summed E-state index contributed by atoms with van der Waals surface area (Å²) in [4.78, 5) is 18.3. The van der Waals surface area contributed by atoms with Gasteiger partial charge in [-0.2, -0.15) is 0 Å². The van der Waals surface area contributed by atoms with Crippen molar-refractivity contribution in [2.45, 2.75) is 45.1 Å². The van der Waals surface area contributed by atoms with Crippen molar-refractivity contribution in [3.63, 3.8) is 0 Å². The van der Waals surface area contributed by atoms with Gasteiger partial charge in [0.05, 0.1) is 16.8 Å². The number of thiophene rings is 1. The van der Waals surface area contributed by atoms with Gasteiger partial charge in [-0.3, -0.25) is 0 Å². The molecule has 0 bridgehead atoms. The van der Waals surface area contributed by atoms with Crippen LogP contribution in [0.1, 0.15) is 50.9 Å². The number of anilines is 1. The molecule has 1 N–H and O–H groups in total. The second-order valence-electron chi connectivity index (χ2n) is 8.22. The summed E-state index contributed by atoms with van der Waals surface area (Å²) in [5.41, 5.74) is 5.98. The third-order valence-electron chi connectivity index (χ3n) is 6.22. The molecule has 0 unspecified atom stereocenters. The van der Waals surface area contributed by atoms with Gasteiger partial charge in [-0.15, -0.1) is 11.3 Å². The molecule has 30 heavy (non-hydrogen) atoms. The number of urea groups is 1. The van der Waals surface area contributed by atoms with Crippen molar-refractivity contribution in [1.82, 2.24) is 4.90 Å². The van der Waals surface area contributed by atoms with Crippen LogP contribution in [-0.4, -0.2) is 17.5 Å². The maximum atomic E-state index is 13.4. The van der Waals surface area contributed by atoms with Crippen LogP contribution in [0.4, 0.5) is 10.5 Å². The third-order valence-corrected chi connectivity index (χ3v) is 7.92. The molecular formula is C25H25ClN2OS. The van der Waals surface area contributed by atoms with E-state index < -0.39 is 0 Å². The Bertz CT molecular complexity index is 1090. The monoisotopic (exact) mass is 436 g/mol. The molecule has 3 nitrogen and oxygen atoms in total. The molecule has 3 aromatic rings. The van der Waals surface area contributed by atoms with E-state index in [2.05, 4.69) is 29.6 Å². The number of benzene rings is 2. The normalized spacial score (nSPS) is 17.9. The van der Waals surface area contributed by atoms with E-state index in [-0.39, 0.29) is 12.1 Å². The van der Waals surface area contributed by atoms with Crippen LogP contribution in [0.15, 0.2) is 48.5 Å². The quantitative estimate of drug-likeness (QED) is 0.472. The van der Waals surface area contributed by atoms with Gasteiger partial charge in [0, 0.05) is 16.3 Å². The average Bonchev–Trinajstić information content (AvgIpc) is 3.14. The number of aryl methyl sites for hydroxylation is 2. The van der Waals surface area contributed by atoms with Gasteiger partial charge < -0.3 is 10.2 Å². The second kappa shape index (κ2) is 8.09. The summed E-state index contributed by atoms with van der Waals surface area (Å²) in [5, 5.41) is 3.63. The van der Waals surface area contributed by atoms with Crippen LogP contribution in [0.25, 0.3) is 0 Å². The van der Waals surface area contributed by atoms with Crippen molar-refractivity contribution < 1.29 is 4.79 Å². The number of halogens is 1. The van der Waals surface area contributed by atoms with Gasteiger partial charge in [-0.05, 0) is 73.4 Å². The van der Waals surface area contributed by atoms with E-state index in [0.29, 0.717) is 17.3 Å². The summed E-state index contributed by atoms with van der Waals surface area (Å²) in [5.74, 6) is 0. The molecule has 5 heteroatoms. The molecule has 2 heterocycles. The van der Waals surface area contributed by atoms with Crippen LogP contribution >= 0.6 is 22.9 Å². The third kappa shape index (κ3) is 3.52. The highest BCUT2D eigenvalue weighted by Gasteiger charge is 2.36.